The summed E-state index contributed by atoms with van der Waals surface area (Å²) in [6, 6.07) is 33.4. The quantitative estimate of drug-likeness (QED) is 0.0679. The largest absolute Gasteiger partial charge is 0.481 e. The molecule has 0 spiro atoms. The van der Waals surface area contributed by atoms with Crippen LogP contribution >= 0.6 is 31.9 Å². The zero-order valence-corrected chi connectivity index (χ0v) is 44.7. The van der Waals surface area contributed by atoms with E-state index in [-0.39, 0.29) is 63.0 Å². The Hall–Kier alpha value is -4.80. The number of carboxylic acids is 1. The van der Waals surface area contributed by atoms with Gasteiger partial charge in [-0.2, -0.15) is 0 Å². The van der Waals surface area contributed by atoms with Gasteiger partial charge in [-0.25, -0.2) is 0 Å². The Balaban J connectivity index is 0.000000362. The van der Waals surface area contributed by atoms with Gasteiger partial charge in [-0.05, 0) is 130 Å². The Morgan fingerprint density at radius 1 is 0.571 bits per heavy atom. The van der Waals surface area contributed by atoms with Gasteiger partial charge in [0.15, 0.2) is 0 Å². The molecule has 4 aromatic carbocycles. The topological polar surface area (TPSA) is 108 Å². The van der Waals surface area contributed by atoms with Gasteiger partial charge in [-0.3, -0.25) is 19.2 Å². The molecule has 0 amide bonds. The van der Waals surface area contributed by atoms with E-state index in [1.807, 2.05) is 65.8 Å². The van der Waals surface area contributed by atoms with E-state index in [9.17, 15) is 24.3 Å². The predicted molar refractivity (Wildman–Crippen MR) is 297 cm³/mol. The number of benzene rings is 4. The molecule has 2 aromatic heterocycles. The molecule has 6 aromatic rings. The standard InChI is InChI=1S/C31H40BrNO3.C27H32BrNO3.2CH4/c1-7-23(29(34)18-24(16-21(2)3)30(35)36-31(4,5)6)17-25-20-33(28-11-9-8-10-27(25)28)19-22-12-14-26(32)15-13-22;1-4-20(26(30)15-21(27(31)32)13-18(2)3)14-22-17-29(25-8-6-5-7-24(22)25)16-19-9-11-23(28)12-10-19;;/h8-15,20-21,23-24H,7,16-19H2,1-6H3;5-12,17-18,20-21H,4,13-16H2,1-3H3,(H,31,32);2*1H4/t23-,24+;20-,21+;;/m00../s1. The van der Waals surface area contributed by atoms with E-state index in [0.29, 0.717) is 38.0 Å². The molecular formula is C60H80Br2N2O6. The molecule has 0 saturated carbocycles. The van der Waals surface area contributed by atoms with E-state index >= 15 is 0 Å². The van der Waals surface area contributed by atoms with Gasteiger partial charge in [0.2, 0.25) is 0 Å². The molecule has 4 atom stereocenters. The number of Topliss-reactive ketones (excluding diaryl/α,β-unsaturated/α-hetero) is 2. The van der Waals surface area contributed by atoms with E-state index in [0.717, 1.165) is 44.9 Å². The van der Waals surface area contributed by atoms with Crippen LogP contribution in [-0.2, 0) is 49.8 Å². The first-order chi connectivity index (χ1) is 32.2. The summed E-state index contributed by atoms with van der Waals surface area (Å²) < 4.78 is 12.3. The summed E-state index contributed by atoms with van der Waals surface area (Å²) >= 11 is 7.00. The maximum Gasteiger partial charge on any atom is 0.309 e. The molecular weight excluding hydrogens is 1000 g/mol. The number of carboxylic acid groups (broad SMARTS) is 1. The minimum atomic E-state index is -0.868. The van der Waals surface area contributed by atoms with Crippen LogP contribution < -0.4 is 0 Å². The van der Waals surface area contributed by atoms with Crippen LogP contribution in [0, 0.1) is 35.5 Å². The number of ether oxygens (including phenoxy) is 1. The molecule has 1 N–H and O–H groups in total. The zero-order valence-electron chi connectivity index (χ0n) is 41.6. The lowest BCUT2D eigenvalue weighted by Gasteiger charge is -2.25. The van der Waals surface area contributed by atoms with Crippen LogP contribution in [0.15, 0.2) is 118 Å². The maximum atomic E-state index is 13.5. The number of aliphatic carboxylic acids is 1. The summed E-state index contributed by atoms with van der Waals surface area (Å²) in [4.78, 5) is 51.1. The SMILES string of the molecule is C.C.CC[C@@H](Cc1cn(Cc2ccc(Br)cc2)c2ccccc12)C(=O)C[C@@H](CC(C)C)C(=O)O.CC[C@@H](Cc1cn(Cc2ccc(Br)cc2)c2ccccc12)C(=O)C[C@@H](CC(C)C)C(=O)OC(C)(C)C. The van der Waals surface area contributed by atoms with E-state index < -0.39 is 23.4 Å². The molecule has 0 aliphatic carbocycles. The number of carbonyl (C=O) groups excluding carboxylic acids is 3. The second-order valence-corrected chi connectivity index (χ2v) is 22.2. The normalized spacial score (nSPS) is 13.2. The molecule has 0 aliphatic rings. The molecule has 0 radical (unpaired) electrons. The first kappa shape index (κ1) is 59.5. The van der Waals surface area contributed by atoms with Crippen molar-refractivity contribution >= 4 is 77.2 Å². The highest BCUT2D eigenvalue weighted by atomic mass is 79.9. The summed E-state index contributed by atoms with van der Waals surface area (Å²) in [6.07, 6.45) is 8.66. The average molecular weight is 1090 g/mol. The molecule has 10 heteroatoms. The Labute approximate surface area is 436 Å². The van der Waals surface area contributed by atoms with Gasteiger partial charge in [-0.1, -0.05) is 149 Å². The molecule has 0 unspecified atom stereocenters. The smallest absolute Gasteiger partial charge is 0.309 e. The van der Waals surface area contributed by atoms with Crippen LogP contribution in [0.3, 0.4) is 0 Å². The van der Waals surface area contributed by atoms with Gasteiger partial charge >= 0.3 is 11.9 Å². The first-order valence-electron chi connectivity index (χ1n) is 24.4. The second-order valence-electron chi connectivity index (χ2n) is 20.3. The number of hydrogen-bond acceptors (Lipinski definition) is 5. The van der Waals surface area contributed by atoms with Crippen LogP contribution in [0.2, 0.25) is 0 Å². The summed E-state index contributed by atoms with van der Waals surface area (Å²) in [7, 11) is 0. The minimum absolute atomic E-state index is 0. The van der Waals surface area contributed by atoms with Crippen molar-refractivity contribution < 1.29 is 29.0 Å². The van der Waals surface area contributed by atoms with E-state index in [2.05, 4.69) is 147 Å². The highest BCUT2D eigenvalue weighted by Crippen LogP contribution is 2.31. The fourth-order valence-electron chi connectivity index (χ4n) is 9.18. The lowest BCUT2D eigenvalue weighted by Crippen LogP contribution is -2.32. The summed E-state index contributed by atoms with van der Waals surface area (Å²) in [5.74, 6) is -1.65. The Morgan fingerprint density at radius 2 is 0.943 bits per heavy atom. The van der Waals surface area contributed by atoms with Gasteiger partial charge in [0.1, 0.15) is 17.2 Å². The summed E-state index contributed by atoms with van der Waals surface area (Å²) in [6.45, 7) is 19.4. The minimum Gasteiger partial charge on any atom is -0.481 e. The third kappa shape index (κ3) is 17.5. The fraction of sp³-hybridized carbons (Fsp3) is 0.467. The average Bonchev–Trinajstić information content (AvgIpc) is 3.81. The second kappa shape index (κ2) is 27.7. The number of nitrogens with zero attached hydrogens (tertiary/aromatic N) is 2. The lowest BCUT2D eigenvalue weighted by atomic mass is 9.85. The first-order valence-corrected chi connectivity index (χ1v) is 26.0. The van der Waals surface area contributed by atoms with E-state index in [1.54, 1.807) is 0 Å². The zero-order chi connectivity index (χ0) is 49.7. The van der Waals surface area contributed by atoms with Crippen molar-refractivity contribution in [3.05, 3.63) is 141 Å². The Morgan fingerprint density at radius 3 is 1.30 bits per heavy atom. The van der Waals surface area contributed by atoms with Crippen molar-refractivity contribution in [1.29, 1.82) is 0 Å². The van der Waals surface area contributed by atoms with Gasteiger partial charge < -0.3 is 19.0 Å². The molecule has 0 bridgehead atoms. The number of ketones is 2. The monoisotopic (exact) mass is 1080 g/mol. The number of para-hydroxylation sites is 2. The molecule has 0 saturated heterocycles. The van der Waals surface area contributed by atoms with Gasteiger partial charge in [-0.15, -0.1) is 0 Å². The molecule has 380 valence electrons. The number of halogens is 2. The predicted octanol–water partition coefficient (Wildman–Crippen LogP) is 16.0. The number of esters is 1. The van der Waals surface area contributed by atoms with Gasteiger partial charge in [0.05, 0.1) is 11.8 Å². The van der Waals surface area contributed by atoms with Crippen LogP contribution in [-0.4, -0.2) is 43.3 Å². The van der Waals surface area contributed by atoms with Crippen LogP contribution in [0.5, 0.6) is 0 Å². The van der Waals surface area contributed by atoms with Crippen molar-refractivity contribution in [2.45, 2.75) is 147 Å². The number of hydrogen-bond donors (Lipinski definition) is 1. The van der Waals surface area contributed by atoms with Crippen molar-refractivity contribution in [2.24, 2.45) is 35.5 Å². The third-order valence-corrected chi connectivity index (χ3v) is 13.7. The molecule has 0 fully saturated rings. The van der Waals surface area contributed by atoms with Crippen molar-refractivity contribution in [2.75, 3.05) is 0 Å². The molecule has 8 nitrogen and oxygen atoms in total. The summed E-state index contributed by atoms with van der Waals surface area (Å²) in [5, 5.41) is 11.9. The van der Waals surface area contributed by atoms with E-state index in [1.165, 1.54) is 27.6 Å². The summed E-state index contributed by atoms with van der Waals surface area (Å²) in [5.41, 5.74) is 6.52. The Kier molecular flexibility index (Phi) is 23.6. The van der Waals surface area contributed by atoms with Crippen molar-refractivity contribution in [3.63, 3.8) is 0 Å². The molecule has 0 aliphatic heterocycles. The highest BCUT2D eigenvalue weighted by Gasteiger charge is 2.31. The van der Waals surface area contributed by atoms with E-state index in [4.69, 9.17) is 4.74 Å². The number of aromatic nitrogens is 2. The lowest BCUT2D eigenvalue weighted by molar-refractivity contribution is -0.162. The van der Waals surface area contributed by atoms with Gasteiger partial charge in [0.25, 0.3) is 0 Å². The highest BCUT2D eigenvalue weighted by molar-refractivity contribution is 9.10. The van der Waals surface area contributed by atoms with Crippen LogP contribution in [0.4, 0.5) is 0 Å². The Bertz CT molecular complexity index is 2600. The number of carbonyl (C=O) groups is 4. The molecule has 6 rings (SSSR count). The maximum absolute atomic E-state index is 13.5. The number of rotatable bonds is 22. The third-order valence-electron chi connectivity index (χ3n) is 12.6. The van der Waals surface area contributed by atoms with Crippen LogP contribution in [0.1, 0.15) is 138 Å². The fourth-order valence-corrected chi connectivity index (χ4v) is 9.71. The van der Waals surface area contributed by atoms with Gasteiger partial charge in [0, 0.05) is 80.9 Å². The van der Waals surface area contributed by atoms with Crippen molar-refractivity contribution in [3.8, 4) is 0 Å². The van der Waals surface area contributed by atoms with Crippen LogP contribution in [0.25, 0.3) is 21.8 Å². The van der Waals surface area contributed by atoms with Crippen molar-refractivity contribution in [1.82, 2.24) is 9.13 Å². The molecule has 2 heterocycles. The molecule has 70 heavy (non-hydrogen) atoms. The number of fused-ring (bicyclic) bond motifs is 2.